The van der Waals surface area contributed by atoms with Gasteiger partial charge in [-0.3, -0.25) is 14.4 Å². The molecular formula is C34H63NO9. The molecular weight excluding hydrogens is 566 g/mol. The summed E-state index contributed by atoms with van der Waals surface area (Å²) in [4.78, 5) is 49.4. The Morgan fingerprint density at radius 3 is 1.86 bits per heavy atom. The van der Waals surface area contributed by atoms with Crippen LogP contribution in [0.5, 0.6) is 0 Å². The van der Waals surface area contributed by atoms with Crippen molar-refractivity contribution in [3.63, 3.8) is 0 Å². The molecule has 0 aromatic heterocycles. The van der Waals surface area contributed by atoms with Crippen molar-refractivity contribution in [2.24, 2.45) is 11.8 Å². The van der Waals surface area contributed by atoms with Crippen molar-refractivity contribution in [1.29, 1.82) is 0 Å². The summed E-state index contributed by atoms with van der Waals surface area (Å²) >= 11 is 0. The Bertz CT molecular complexity index is 744. The van der Waals surface area contributed by atoms with Gasteiger partial charge in [0, 0.05) is 25.9 Å². The second-order valence-corrected chi connectivity index (χ2v) is 12.1. The number of hydrogen-bond donors (Lipinski definition) is 1. The van der Waals surface area contributed by atoms with E-state index in [1.807, 2.05) is 13.8 Å². The standard InChI is InChI=1S/C34H63NO9/c1-6-8-10-12-14-16-18-31(36)27-41-23-29(24-43-32(37)19-17-15-13-11-9-7-2)22-33(38)44-26-30(25-40-5)35-34(39)42-21-20-28(3)4/h28-30H,6-27H2,1-5H3,(H,35,39). The third kappa shape index (κ3) is 27.4. The fraction of sp³-hybridized carbons (Fsp3) is 0.882. The first-order chi connectivity index (χ1) is 21.2. The van der Waals surface area contributed by atoms with E-state index in [0.717, 1.165) is 44.9 Å². The Balaban J connectivity index is 4.77. The summed E-state index contributed by atoms with van der Waals surface area (Å²) in [6.07, 6.45) is 13.9. The molecule has 0 aromatic carbocycles. The Labute approximate surface area is 267 Å². The number of methoxy groups -OCH3 is 1. The molecule has 0 bridgehead atoms. The minimum atomic E-state index is -0.599. The zero-order valence-electron chi connectivity index (χ0n) is 28.5. The van der Waals surface area contributed by atoms with Crippen molar-refractivity contribution in [1.82, 2.24) is 5.32 Å². The van der Waals surface area contributed by atoms with Gasteiger partial charge in [-0.05, 0) is 25.2 Å². The first-order valence-corrected chi connectivity index (χ1v) is 17.0. The number of unbranched alkanes of at least 4 members (excludes halogenated alkanes) is 10. The normalized spacial score (nSPS) is 12.5. The van der Waals surface area contributed by atoms with Crippen molar-refractivity contribution in [3.8, 4) is 0 Å². The molecule has 1 amide bonds. The summed E-state index contributed by atoms with van der Waals surface area (Å²) in [6, 6.07) is -0.583. The third-order valence-electron chi connectivity index (χ3n) is 7.16. The van der Waals surface area contributed by atoms with E-state index < -0.39 is 24.0 Å². The highest BCUT2D eigenvalue weighted by molar-refractivity contribution is 5.79. The molecule has 2 unspecified atom stereocenters. The lowest BCUT2D eigenvalue weighted by Gasteiger charge is -2.20. The lowest BCUT2D eigenvalue weighted by atomic mass is 10.1. The number of Topliss-reactive ketones (excluding diaryl/α,β-unsaturated/α-hetero) is 1. The summed E-state index contributed by atoms with van der Waals surface area (Å²) in [5.41, 5.74) is 0. The zero-order valence-corrected chi connectivity index (χ0v) is 28.5. The van der Waals surface area contributed by atoms with Crippen molar-refractivity contribution in [3.05, 3.63) is 0 Å². The van der Waals surface area contributed by atoms with E-state index in [9.17, 15) is 19.2 Å². The maximum absolute atomic E-state index is 12.7. The van der Waals surface area contributed by atoms with Crippen LogP contribution in [-0.4, -0.2) is 76.6 Å². The van der Waals surface area contributed by atoms with Crippen LogP contribution in [0.2, 0.25) is 0 Å². The molecule has 1 N–H and O–H groups in total. The molecule has 10 nitrogen and oxygen atoms in total. The number of carbonyl (C=O) groups excluding carboxylic acids is 4. The number of esters is 2. The number of alkyl carbamates (subject to hydrolysis) is 1. The number of carbonyl (C=O) groups is 4. The average molecular weight is 630 g/mol. The van der Waals surface area contributed by atoms with Gasteiger partial charge in [0.25, 0.3) is 0 Å². The molecule has 0 heterocycles. The predicted octanol–water partition coefficient (Wildman–Crippen LogP) is 6.95. The van der Waals surface area contributed by atoms with Crippen LogP contribution in [0.15, 0.2) is 0 Å². The molecule has 258 valence electrons. The number of nitrogens with one attached hydrogen (secondary N) is 1. The fourth-order valence-corrected chi connectivity index (χ4v) is 4.43. The number of hydrogen-bond acceptors (Lipinski definition) is 9. The molecule has 0 radical (unpaired) electrons. The number of amides is 1. The van der Waals surface area contributed by atoms with E-state index in [1.54, 1.807) is 0 Å². The lowest BCUT2D eigenvalue weighted by molar-refractivity contribution is -0.152. The highest BCUT2D eigenvalue weighted by Gasteiger charge is 2.21. The smallest absolute Gasteiger partial charge is 0.407 e. The van der Waals surface area contributed by atoms with Gasteiger partial charge in [-0.25, -0.2) is 4.79 Å². The monoisotopic (exact) mass is 629 g/mol. The van der Waals surface area contributed by atoms with Crippen LogP contribution in [0.3, 0.4) is 0 Å². The Morgan fingerprint density at radius 1 is 0.659 bits per heavy atom. The zero-order chi connectivity index (χ0) is 32.8. The molecule has 0 aliphatic heterocycles. The lowest BCUT2D eigenvalue weighted by Crippen LogP contribution is -2.42. The predicted molar refractivity (Wildman–Crippen MR) is 171 cm³/mol. The van der Waals surface area contributed by atoms with Gasteiger partial charge in [0.05, 0.1) is 38.9 Å². The second kappa shape index (κ2) is 29.5. The minimum absolute atomic E-state index is 0.00266. The quantitative estimate of drug-likeness (QED) is 0.0510. The second-order valence-electron chi connectivity index (χ2n) is 12.1. The first-order valence-electron chi connectivity index (χ1n) is 17.0. The SMILES string of the molecule is CCCCCCCCC(=O)COCC(COC(=O)CCCCCCCC)CC(=O)OCC(COC)NC(=O)OCCC(C)C. The van der Waals surface area contributed by atoms with Gasteiger partial charge in [-0.2, -0.15) is 0 Å². The van der Waals surface area contributed by atoms with Gasteiger partial charge in [0.2, 0.25) is 0 Å². The highest BCUT2D eigenvalue weighted by atomic mass is 16.6. The van der Waals surface area contributed by atoms with Crippen LogP contribution in [0.4, 0.5) is 4.79 Å². The number of ketones is 1. The summed E-state index contributed by atoms with van der Waals surface area (Å²) < 4.78 is 26.9. The molecule has 0 aromatic rings. The van der Waals surface area contributed by atoms with Gasteiger partial charge in [0.15, 0.2) is 5.78 Å². The average Bonchev–Trinajstić information content (AvgIpc) is 2.98. The van der Waals surface area contributed by atoms with E-state index >= 15 is 0 Å². The summed E-state index contributed by atoms with van der Waals surface area (Å²) in [5, 5.41) is 2.66. The minimum Gasteiger partial charge on any atom is -0.465 e. The van der Waals surface area contributed by atoms with E-state index in [1.165, 1.54) is 45.6 Å². The molecule has 0 saturated heterocycles. The molecule has 0 fully saturated rings. The maximum atomic E-state index is 12.7. The molecule has 0 saturated carbocycles. The summed E-state index contributed by atoms with van der Waals surface area (Å²) in [5.74, 6) is -0.870. The van der Waals surface area contributed by atoms with E-state index in [-0.39, 0.29) is 51.2 Å². The molecule has 0 spiro atoms. The van der Waals surface area contributed by atoms with Crippen LogP contribution in [-0.2, 0) is 38.1 Å². The van der Waals surface area contributed by atoms with Crippen molar-refractivity contribution >= 4 is 23.8 Å². The van der Waals surface area contributed by atoms with Crippen molar-refractivity contribution < 1.29 is 42.9 Å². The highest BCUT2D eigenvalue weighted by Crippen LogP contribution is 2.12. The number of rotatable bonds is 30. The van der Waals surface area contributed by atoms with Gasteiger partial charge in [0.1, 0.15) is 13.2 Å². The molecule has 0 aliphatic rings. The summed E-state index contributed by atoms with van der Waals surface area (Å²) in [6.45, 7) is 8.79. The molecule has 0 rings (SSSR count). The van der Waals surface area contributed by atoms with Crippen LogP contribution in [0.1, 0.15) is 130 Å². The van der Waals surface area contributed by atoms with Crippen LogP contribution in [0.25, 0.3) is 0 Å². The van der Waals surface area contributed by atoms with Crippen molar-refractivity contribution in [2.45, 2.75) is 136 Å². The van der Waals surface area contributed by atoms with Crippen LogP contribution >= 0.6 is 0 Å². The molecule has 44 heavy (non-hydrogen) atoms. The third-order valence-corrected chi connectivity index (χ3v) is 7.16. The topological polar surface area (TPSA) is 126 Å². The number of ether oxygens (including phenoxy) is 5. The van der Waals surface area contributed by atoms with Gasteiger partial charge < -0.3 is 29.0 Å². The van der Waals surface area contributed by atoms with Crippen LogP contribution < -0.4 is 5.32 Å². The van der Waals surface area contributed by atoms with Crippen molar-refractivity contribution in [2.75, 3.05) is 46.8 Å². The van der Waals surface area contributed by atoms with E-state index in [0.29, 0.717) is 25.4 Å². The summed E-state index contributed by atoms with van der Waals surface area (Å²) in [7, 11) is 1.49. The van der Waals surface area contributed by atoms with Gasteiger partial charge >= 0.3 is 18.0 Å². The molecule has 10 heteroatoms. The Kier molecular flexibility index (Phi) is 28.0. The van der Waals surface area contributed by atoms with Gasteiger partial charge in [-0.15, -0.1) is 0 Å². The van der Waals surface area contributed by atoms with E-state index in [4.69, 9.17) is 23.7 Å². The molecule has 2 atom stereocenters. The molecule has 0 aliphatic carbocycles. The van der Waals surface area contributed by atoms with E-state index in [2.05, 4.69) is 19.2 Å². The first kappa shape index (κ1) is 41.8. The van der Waals surface area contributed by atoms with Crippen LogP contribution in [0, 0.1) is 11.8 Å². The van der Waals surface area contributed by atoms with Gasteiger partial charge in [-0.1, -0.05) is 91.9 Å². The maximum Gasteiger partial charge on any atom is 0.407 e. The Hall–Kier alpha value is -2.20. The Morgan fingerprint density at radius 2 is 1.25 bits per heavy atom. The fourth-order valence-electron chi connectivity index (χ4n) is 4.43. The largest absolute Gasteiger partial charge is 0.465 e.